The summed E-state index contributed by atoms with van der Waals surface area (Å²) in [6.45, 7) is 7.43. The SMILES string of the molecule is Cc1cc(C)cc(N2C(=O)N(CC(=O)NC(C)C)[C@H]3CS(=O)(=O)C[C@H]32)c1. The highest BCUT2D eigenvalue weighted by molar-refractivity contribution is 7.91. The van der Waals surface area contributed by atoms with E-state index in [0.29, 0.717) is 5.69 Å². The van der Waals surface area contributed by atoms with Crippen LogP contribution in [0.2, 0.25) is 0 Å². The number of sulfone groups is 1. The van der Waals surface area contributed by atoms with Gasteiger partial charge in [-0.3, -0.25) is 9.69 Å². The van der Waals surface area contributed by atoms with E-state index in [1.54, 1.807) is 4.90 Å². The van der Waals surface area contributed by atoms with Crippen LogP contribution in [0, 0.1) is 13.8 Å². The lowest BCUT2D eigenvalue weighted by Gasteiger charge is -2.23. The van der Waals surface area contributed by atoms with Crippen LogP contribution in [0.1, 0.15) is 25.0 Å². The number of nitrogens with zero attached hydrogens (tertiary/aromatic N) is 2. The van der Waals surface area contributed by atoms with Gasteiger partial charge in [0.15, 0.2) is 9.84 Å². The number of carbonyl (C=O) groups excluding carboxylic acids is 2. The predicted molar refractivity (Wildman–Crippen MR) is 100 cm³/mol. The molecule has 2 aliphatic rings. The number of benzene rings is 1. The summed E-state index contributed by atoms with van der Waals surface area (Å²) in [5.74, 6) is -0.447. The molecule has 2 atom stereocenters. The highest BCUT2D eigenvalue weighted by atomic mass is 32.2. The first-order valence-corrected chi connectivity index (χ1v) is 10.6. The Hall–Kier alpha value is -2.09. The van der Waals surface area contributed by atoms with Gasteiger partial charge in [0.2, 0.25) is 5.91 Å². The van der Waals surface area contributed by atoms with E-state index in [1.807, 2.05) is 45.9 Å². The van der Waals surface area contributed by atoms with Crippen molar-refractivity contribution in [3.63, 3.8) is 0 Å². The molecule has 1 aromatic carbocycles. The fraction of sp³-hybridized carbons (Fsp3) is 0.556. The van der Waals surface area contributed by atoms with E-state index in [1.165, 1.54) is 4.90 Å². The monoisotopic (exact) mass is 379 g/mol. The number of hydrogen-bond donors (Lipinski definition) is 1. The molecule has 0 radical (unpaired) electrons. The quantitative estimate of drug-likeness (QED) is 0.798. The summed E-state index contributed by atoms with van der Waals surface area (Å²) in [6.07, 6.45) is 0. The molecule has 2 aliphatic heterocycles. The third-order valence-corrected chi connectivity index (χ3v) is 6.42. The van der Waals surface area contributed by atoms with Gasteiger partial charge >= 0.3 is 6.03 Å². The number of amides is 3. The number of nitrogens with one attached hydrogen (secondary N) is 1. The Bertz CT molecular complexity index is 830. The molecule has 2 saturated heterocycles. The molecule has 0 unspecified atom stereocenters. The Morgan fingerprint density at radius 1 is 1.15 bits per heavy atom. The first kappa shape index (κ1) is 18.7. The Labute approximate surface area is 154 Å². The second-order valence-corrected chi connectivity index (χ2v) is 9.71. The van der Waals surface area contributed by atoms with E-state index in [2.05, 4.69) is 5.32 Å². The van der Waals surface area contributed by atoms with Crippen LogP contribution < -0.4 is 10.2 Å². The van der Waals surface area contributed by atoms with Gasteiger partial charge in [-0.1, -0.05) is 6.07 Å². The van der Waals surface area contributed by atoms with Gasteiger partial charge in [0.05, 0.1) is 23.6 Å². The normalized spacial score (nSPS) is 24.3. The zero-order valence-corrected chi connectivity index (χ0v) is 16.3. The van der Waals surface area contributed by atoms with E-state index < -0.39 is 21.9 Å². The second-order valence-electron chi connectivity index (χ2n) is 7.56. The molecule has 1 N–H and O–H groups in total. The van der Waals surface area contributed by atoms with Crippen molar-refractivity contribution in [1.82, 2.24) is 10.2 Å². The molecule has 142 valence electrons. The van der Waals surface area contributed by atoms with Crippen molar-refractivity contribution in [3.05, 3.63) is 29.3 Å². The van der Waals surface area contributed by atoms with E-state index in [-0.39, 0.29) is 36.0 Å². The Morgan fingerprint density at radius 3 is 2.31 bits per heavy atom. The highest BCUT2D eigenvalue weighted by Crippen LogP contribution is 2.35. The zero-order chi connectivity index (χ0) is 19.2. The van der Waals surface area contributed by atoms with Crippen molar-refractivity contribution < 1.29 is 18.0 Å². The Kier molecular flexibility index (Phi) is 4.72. The predicted octanol–water partition coefficient (Wildman–Crippen LogP) is 1.24. The lowest BCUT2D eigenvalue weighted by Crippen LogP contribution is -2.45. The van der Waals surface area contributed by atoms with Crippen molar-refractivity contribution in [3.8, 4) is 0 Å². The minimum absolute atomic E-state index is 0.0427. The van der Waals surface area contributed by atoms with Crippen LogP contribution in [0.5, 0.6) is 0 Å². The van der Waals surface area contributed by atoms with Gasteiger partial charge in [0, 0.05) is 11.7 Å². The van der Waals surface area contributed by atoms with Crippen molar-refractivity contribution in [2.75, 3.05) is 23.0 Å². The number of aryl methyl sites for hydroxylation is 2. The van der Waals surface area contributed by atoms with Gasteiger partial charge in [-0.15, -0.1) is 0 Å². The summed E-state index contributed by atoms with van der Waals surface area (Å²) in [5.41, 5.74) is 2.69. The van der Waals surface area contributed by atoms with Crippen LogP contribution in [0.25, 0.3) is 0 Å². The summed E-state index contributed by atoms with van der Waals surface area (Å²) >= 11 is 0. The Balaban J connectivity index is 1.95. The van der Waals surface area contributed by atoms with E-state index >= 15 is 0 Å². The average Bonchev–Trinajstić information content (AvgIpc) is 2.89. The summed E-state index contributed by atoms with van der Waals surface area (Å²) in [4.78, 5) is 28.2. The van der Waals surface area contributed by atoms with Crippen molar-refractivity contribution in [1.29, 1.82) is 0 Å². The summed E-state index contributed by atoms with van der Waals surface area (Å²) < 4.78 is 24.4. The molecule has 0 spiro atoms. The summed E-state index contributed by atoms with van der Waals surface area (Å²) in [7, 11) is -3.25. The molecule has 2 heterocycles. The minimum Gasteiger partial charge on any atom is -0.352 e. The molecule has 0 aliphatic carbocycles. The van der Waals surface area contributed by atoms with E-state index in [9.17, 15) is 18.0 Å². The molecule has 0 aromatic heterocycles. The van der Waals surface area contributed by atoms with Crippen LogP contribution in [0.4, 0.5) is 10.5 Å². The van der Waals surface area contributed by atoms with Crippen molar-refractivity contribution in [2.24, 2.45) is 0 Å². The second kappa shape index (κ2) is 6.57. The average molecular weight is 379 g/mol. The zero-order valence-electron chi connectivity index (χ0n) is 15.5. The van der Waals surface area contributed by atoms with Gasteiger partial charge < -0.3 is 10.2 Å². The highest BCUT2D eigenvalue weighted by Gasteiger charge is 2.54. The third kappa shape index (κ3) is 3.56. The number of carbonyl (C=O) groups is 2. The lowest BCUT2D eigenvalue weighted by molar-refractivity contribution is -0.122. The van der Waals surface area contributed by atoms with Gasteiger partial charge in [-0.2, -0.15) is 0 Å². The lowest BCUT2D eigenvalue weighted by atomic mass is 10.1. The summed E-state index contributed by atoms with van der Waals surface area (Å²) in [6, 6.07) is 4.46. The van der Waals surface area contributed by atoms with Crippen LogP contribution in [-0.2, 0) is 14.6 Å². The van der Waals surface area contributed by atoms with Crippen LogP contribution in [0.15, 0.2) is 18.2 Å². The fourth-order valence-electron chi connectivity index (χ4n) is 3.88. The molecule has 8 heteroatoms. The third-order valence-electron chi connectivity index (χ3n) is 4.73. The molecular weight excluding hydrogens is 354 g/mol. The number of rotatable bonds is 4. The van der Waals surface area contributed by atoms with Gasteiger partial charge in [0.1, 0.15) is 6.54 Å². The number of anilines is 1. The summed E-state index contributed by atoms with van der Waals surface area (Å²) in [5, 5.41) is 2.76. The molecule has 26 heavy (non-hydrogen) atoms. The topological polar surface area (TPSA) is 86.8 Å². The fourth-order valence-corrected chi connectivity index (χ4v) is 5.83. The van der Waals surface area contributed by atoms with E-state index in [0.717, 1.165) is 11.1 Å². The van der Waals surface area contributed by atoms with E-state index in [4.69, 9.17) is 0 Å². The van der Waals surface area contributed by atoms with Gasteiger partial charge in [0.25, 0.3) is 0 Å². The maximum Gasteiger partial charge on any atom is 0.325 e. The maximum atomic E-state index is 13.1. The standard InChI is InChI=1S/C18H25N3O4S/c1-11(2)19-17(22)8-20-15-9-26(24,25)10-16(15)21(18(20)23)14-6-12(3)5-13(4)7-14/h5-7,11,15-16H,8-10H2,1-4H3,(H,19,22)/t15-,16+/m0/s1. The molecule has 0 bridgehead atoms. The van der Waals surface area contributed by atoms with Gasteiger partial charge in [-0.05, 0) is 51.0 Å². The molecule has 2 fully saturated rings. The minimum atomic E-state index is -3.25. The van der Waals surface area contributed by atoms with Crippen molar-refractivity contribution >= 4 is 27.5 Å². The first-order chi connectivity index (χ1) is 12.1. The Morgan fingerprint density at radius 2 is 1.73 bits per heavy atom. The molecule has 1 aromatic rings. The number of hydrogen-bond acceptors (Lipinski definition) is 4. The molecule has 7 nitrogen and oxygen atoms in total. The van der Waals surface area contributed by atoms with Crippen LogP contribution in [-0.4, -0.2) is 61.4 Å². The largest absolute Gasteiger partial charge is 0.352 e. The first-order valence-electron chi connectivity index (χ1n) is 8.75. The molecular formula is C18H25N3O4S. The number of fused-ring (bicyclic) bond motifs is 1. The molecule has 3 rings (SSSR count). The smallest absolute Gasteiger partial charge is 0.325 e. The van der Waals surface area contributed by atoms with Crippen LogP contribution in [0.3, 0.4) is 0 Å². The van der Waals surface area contributed by atoms with Gasteiger partial charge in [-0.25, -0.2) is 13.2 Å². The number of urea groups is 1. The molecule has 0 saturated carbocycles. The van der Waals surface area contributed by atoms with Crippen molar-refractivity contribution in [2.45, 2.75) is 45.8 Å². The van der Waals surface area contributed by atoms with Crippen LogP contribution >= 0.6 is 0 Å². The molecule has 3 amide bonds. The maximum absolute atomic E-state index is 13.1.